The third-order valence-corrected chi connectivity index (χ3v) is 9.92. The maximum absolute atomic E-state index is 14.5. The first-order chi connectivity index (χ1) is 26.6. The summed E-state index contributed by atoms with van der Waals surface area (Å²) in [4.78, 5) is 111. The second-order valence-electron chi connectivity index (χ2n) is 17.5. The summed E-state index contributed by atoms with van der Waals surface area (Å²) >= 11 is 0. The number of aliphatic hydroxyl groups excluding tert-OH is 1. The predicted octanol–water partition coefficient (Wildman–Crippen LogP) is 1.68. The number of carbonyl (C=O) groups excluding carboxylic acids is 8. The van der Waals surface area contributed by atoms with Gasteiger partial charge >= 0.3 is 0 Å². The van der Waals surface area contributed by atoms with E-state index in [1.807, 2.05) is 48.5 Å². The summed E-state index contributed by atoms with van der Waals surface area (Å²) < 4.78 is 6.06. The van der Waals surface area contributed by atoms with Crippen molar-refractivity contribution in [2.45, 2.75) is 156 Å². The molecule has 0 heterocycles. The van der Waals surface area contributed by atoms with E-state index >= 15 is 0 Å². The van der Waals surface area contributed by atoms with Gasteiger partial charge < -0.3 is 40.5 Å². The van der Waals surface area contributed by atoms with Crippen molar-refractivity contribution in [3.05, 3.63) is 0 Å². The van der Waals surface area contributed by atoms with Crippen LogP contribution < -0.4 is 16.4 Å². The number of hydrogen-bond donors (Lipinski definition) is 4. The number of amides is 6. The van der Waals surface area contributed by atoms with E-state index in [2.05, 4.69) is 10.6 Å². The maximum atomic E-state index is 14.5. The molecule has 58 heavy (non-hydrogen) atoms. The molecule has 0 saturated heterocycles. The minimum Gasteiger partial charge on any atom is -0.393 e. The topological polar surface area (TPSA) is 229 Å². The van der Waals surface area contributed by atoms with Gasteiger partial charge in [0, 0.05) is 28.2 Å². The molecule has 0 fully saturated rings. The van der Waals surface area contributed by atoms with Gasteiger partial charge in [0.25, 0.3) is 5.91 Å². The number of rotatable bonds is 27. The summed E-state index contributed by atoms with van der Waals surface area (Å²) in [7, 11) is 5.70. The zero-order chi connectivity index (χ0) is 45.5. The van der Waals surface area contributed by atoms with Crippen LogP contribution >= 0.6 is 0 Å². The molecular weight excluding hydrogens is 750 g/mol. The lowest BCUT2D eigenvalue weighted by Gasteiger charge is -2.43. The van der Waals surface area contributed by atoms with Gasteiger partial charge in [0.05, 0.1) is 25.1 Å². The van der Waals surface area contributed by atoms with Gasteiger partial charge in [-0.15, -0.1) is 0 Å². The van der Waals surface area contributed by atoms with E-state index in [0.29, 0.717) is 25.4 Å². The highest BCUT2D eigenvalue weighted by Crippen LogP contribution is 2.25. The van der Waals surface area contributed by atoms with Gasteiger partial charge in [-0.3, -0.25) is 43.7 Å². The van der Waals surface area contributed by atoms with Crippen LogP contribution in [0.25, 0.3) is 0 Å². The summed E-state index contributed by atoms with van der Waals surface area (Å²) in [6.45, 7) is 18.8. The zero-order valence-corrected chi connectivity index (χ0v) is 37.8. The minimum atomic E-state index is -2.04. The van der Waals surface area contributed by atoms with E-state index in [9.17, 15) is 43.5 Å². The third-order valence-electron chi connectivity index (χ3n) is 9.92. The number of likely N-dealkylation sites (N-methyl/N-ethyl adjacent to an activating group) is 4. The first-order valence-corrected chi connectivity index (χ1v) is 20.3. The lowest BCUT2D eigenvalue weighted by molar-refractivity contribution is -0.173. The molecule has 0 aliphatic carbocycles. The number of nitrogens with zero attached hydrogens (tertiary/aromatic N) is 4. The van der Waals surface area contributed by atoms with Crippen LogP contribution in [0, 0.1) is 23.7 Å². The Morgan fingerprint density at radius 1 is 0.776 bits per heavy atom. The minimum absolute atomic E-state index is 0.0376. The molecule has 0 aromatic carbocycles. The van der Waals surface area contributed by atoms with Crippen molar-refractivity contribution in [2.75, 3.05) is 34.7 Å². The Balaban J connectivity index is 6.75. The second-order valence-corrected chi connectivity index (χ2v) is 17.5. The first-order valence-electron chi connectivity index (χ1n) is 20.3. The van der Waals surface area contributed by atoms with E-state index in [4.69, 9.17) is 10.5 Å². The largest absolute Gasteiger partial charge is 0.393 e. The standard InChI is InChI=1S/C41H75N7O10/c1-16-17-31(37(55)44-40(11,23-49)58-35(28(8)9)39(57)47(14)32(36(42)54)19-26(4)5)46(13)38(56)30(18-25(2)3)43-41(24-50,21-27(6)7)48(15)34(53)22-45(12)33(52)20-29(10)51/h23-32,35,43,51H,16-22H2,1-15H3,(H2,42,54)(H,44,55). The molecular formula is C41H75N7O10. The Morgan fingerprint density at radius 2 is 1.31 bits per heavy atom. The van der Waals surface area contributed by atoms with Crippen LogP contribution in [0.2, 0.25) is 0 Å². The van der Waals surface area contributed by atoms with Crippen molar-refractivity contribution in [3.63, 3.8) is 0 Å². The Kier molecular flexibility index (Phi) is 22.5. The molecule has 0 aromatic rings. The van der Waals surface area contributed by atoms with Gasteiger partial charge in [-0.1, -0.05) is 68.7 Å². The summed E-state index contributed by atoms with van der Waals surface area (Å²) in [5, 5.41) is 15.4. The number of ether oxygens (including phenoxy) is 1. The monoisotopic (exact) mass is 826 g/mol. The molecule has 0 saturated carbocycles. The Hall–Kier alpha value is -3.96. The molecule has 6 amide bonds. The van der Waals surface area contributed by atoms with Crippen molar-refractivity contribution in [1.82, 2.24) is 30.2 Å². The molecule has 17 nitrogen and oxygen atoms in total. The number of nitrogens with two attached hydrogens (primary N) is 1. The van der Waals surface area contributed by atoms with Gasteiger partial charge in [-0.2, -0.15) is 0 Å². The number of aliphatic hydroxyl groups is 1. The Labute approximate surface area is 346 Å². The van der Waals surface area contributed by atoms with Crippen molar-refractivity contribution in [2.24, 2.45) is 29.4 Å². The number of carbonyl (C=O) groups is 8. The van der Waals surface area contributed by atoms with E-state index < -0.39 is 83.1 Å². The first kappa shape index (κ1) is 54.0. The predicted molar refractivity (Wildman–Crippen MR) is 220 cm³/mol. The lowest BCUT2D eigenvalue weighted by atomic mass is 9.93. The molecule has 0 rings (SSSR count). The van der Waals surface area contributed by atoms with E-state index in [1.54, 1.807) is 13.8 Å². The number of nitrogens with one attached hydrogen (secondary N) is 2. The highest BCUT2D eigenvalue weighted by Gasteiger charge is 2.44. The average Bonchev–Trinajstić information content (AvgIpc) is 3.11. The van der Waals surface area contributed by atoms with E-state index in [-0.39, 0.29) is 50.0 Å². The van der Waals surface area contributed by atoms with Crippen LogP contribution in [0.4, 0.5) is 0 Å². The van der Waals surface area contributed by atoms with Gasteiger partial charge in [0.2, 0.25) is 29.5 Å². The molecule has 7 atom stereocenters. The average molecular weight is 826 g/mol. The van der Waals surface area contributed by atoms with Crippen LogP contribution in [0.3, 0.4) is 0 Å². The highest BCUT2D eigenvalue weighted by atomic mass is 16.5. The van der Waals surface area contributed by atoms with Crippen LogP contribution in [0.15, 0.2) is 0 Å². The molecule has 334 valence electrons. The fraction of sp³-hybridized carbons (Fsp3) is 0.805. The van der Waals surface area contributed by atoms with Gasteiger partial charge in [-0.25, -0.2) is 0 Å². The molecule has 0 radical (unpaired) electrons. The second kappa shape index (κ2) is 24.2. The summed E-state index contributed by atoms with van der Waals surface area (Å²) in [5.74, 6) is -4.36. The molecule has 0 spiro atoms. The molecule has 0 aliphatic heterocycles. The molecule has 5 N–H and O–H groups in total. The Bertz CT molecular complexity index is 1410. The normalized spacial score (nSPS) is 16.3. The van der Waals surface area contributed by atoms with Gasteiger partial charge in [0.15, 0.2) is 24.0 Å². The fourth-order valence-corrected chi connectivity index (χ4v) is 6.69. The zero-order valence-electron chi connectivity index (χ0n) is 37.8. The number of aldehydes is 2. The summed E-state index contributed by atoms with van der Waals surface area (Å²) in [5.41, 5.74) is 1.90. The van der Waals surface area contributed by atoms with Crippen LogP contribution in [-0.2, 0) is 43.1 Å². The van der Waals surface area contributed by atoms with Crippen LogP contribution in [0.1, 0.15) is 115 Å². The SMILES string of the molecule is CCCC(C(=O)NC(C)(C=O)OC(C(=O)N(C)C(CC(C)C)C(N)=O)C(C)C)N(C)C(=O)C(CC(C)C)NC(C=O)(CC(C)C)N(C)C(=O)CN(C)C(=O)CC(C)O. The van der Waals surface area contributed by atoms with Crippen molar-refractivity contribution in [3.8, 4) is 0 Å². The molecule has 0 aromatic heterocycles. The number of primary amides is 1. The van der Waals surface area contributed by atoms with Gasteiger partial charge in [-0.05, 0) is 63.2 Å². The van der Waals surface area contributed by atoms with Crippen molar-refractivity contribution >= 4 is 48.0 Å². The van der Waals surface area contributed by atoms with E-state index in [1.165, 1.54) is 56.7 Å². The smallest absolute Gasteiger partial charge is 0.252 e. The number of hydrogen-bond acceptors (Lipinski definition) is 11. The lowest BCUT2D eigenvalue weighted by Crippen LogP contribution is -2.67. The van der Waals surface area contributed by atoms with E-state index in [0.717, 1.165) is 4.90 Å². The molecule has 0 bridgehead atoms. The third kappa shape index (κ3) is 16.4. The summed E-state index contributed by atoms with van der Waals surface area (Å²) in [6, 6.07) is -3.15. The molecule has 7 unspecified atom stereocenters. The quantitative estimate of drug-likeness (QED) is 0.0688. The van der Waals surface area contributed by atoms with Crippen LogP contribution in [0.5, 0.6) is 0 Å². The fourth-order valence-electron chi connectivity index (χ4n) is 6.69. The molecule has 17 heteroatoms. The molecule has 0 aliphatic rings. The summed E-state index contributed by atoms with van der Waals surface area (Å²) in [6.07, 6.45) is -0.227. The van der Waals surface area contributed by atoms with Gasteiger partial charge in [0.1, 0.15) is 18.2 Å². The highest BCUT2D eigenvalue weighted by molar-refractivity contribution is 5.92. The van der Waals surface area contributed by atoms with Crippen molar-refractivity contribution in [1.29, 1.82) is 0 Å². The van der Waals surface area contributed by atoms with Crippen molar-refractivity contribution < 1.29 is 48.2 Å². The maximum Gasteiger partial charge on any atom is 0.252 e. The van der Waals surface area contributed by atoms with Crippen LogP contribution in [-0.4, -0.2) is 149 Å². The Morgan fingerprint density at radius 3 is 1.72 bits per heavy atom.